The van der Waals surface area contributed by atoms with Gasteiger partial charge in [-0.25, -0.2) is 0 Å². The average Bonchev–Trinajstić information content (AvgIpc) is 2.90. The summed E-state index contributed by atoms with van der Waals surface area (Å²) >= 11 is 1.99. The zero-order valence-corrected chi connectivity index (χ0v) is 30.6. The van der Waals surface area contributed by atoms with E-state index in [2.05, 4.69) is 0 Å². The van der Waals surface area contributed by atoms with Gasteiger partial charge in [0.1, 0.15) is 5.75 Å². The molecule has 0 heterocycles. The molecule has 0 bridgehead atoms. The van der Waals surface area contributed by atoms with Crippen LogP contribution < -0.4 is 4.74 Å². The standard InChI is InChI=1S/C16H14F9IO2.C12H14F9IO/c1-12(27,7-9-3-5-10(28-2)6-4-9)11(26)8-13(17,18)14(19,20)15(21,22)16(23,24)25;1-6(2)4-8(3,23)7(22)5-9(13,14)10(15,16)11(17,18)12(19,20)21/h3-6,8,27H,7H2,1-2H3;5-6,23H,4H2,1-3H3. The highest BCUT2D eigenvalue weighted by atomic mass is 127. The highest BCUT2D eigenvalue weighted by molar-refractivity contribution is 14.1. The number of allylic oxidation sites excluding steroid dienone is 2. The van der Waals surface area contributed by atoms with E-state index in [0.717, 1.165) is 59.0 Å². The maximum absolute atomic E-state index is 13.7. The first-order chi connectivity index (χ1) is 22.2. The summed E-state index contributed by atoms with van der Waals surface area (Å²) in [5, 5.41) is 20.1. The molecule has 0 radical (unpaired) electrons. The molecule has 23 heteroatoms. The predicted molar refractivity (Wildman–Crippen MR) is 163 cm³/mol. The van der Waals surface area contributed by atoms with Gasteiger partial charge in [0.2, 0.25) is 0 Å². The van der Waals surface area contributed by atoms with Crippen molar-refractivity contribution in [1.29, 1.82) is 0 Å². The number of hydrogen-bond acceptors (Lipinski definition) is 3. The summed E-state index contributed by atoms with van der Waals surface area (Å²) in [4.78, 5) is 0. The lowest BCUT2D eigenvalue weighted by Gasteiger charge is -2.33. The Hall–Kier alpha value is -1.38. The van der Waals surface area contributed by atoms with Crippen molar-refractivity contribution in [2.45, 2.75) is 99.6 Å². The third kappa shape index (κ3) is 11.3. The third-order valence-electron chi connectivity index (χ3n) is 6.50. The highest BCUT2D eigenvalue weighted by Gasteiger charge is 2.82. The summed E-state index contributed by atoms with van der Waals surface area (Å²) in [6.45, 7) is 5.00. The van der Waals surface area contributed by atoms with Crippen molar-refractivity contribution >= 4 is 45.2 Å². The number of halogens is 20. The largest absolute Gasteiger partial charge is 0.497 e. The molecule has 0 aliphatic carbocycles. The Labute approximate surface area is 305 Å². The Morgan fingerprint density at radius 1 is 0.608 bits per heavy atom. The molecule has 51 heavy (non-hydrogen) atoms. The molecule has 2 unspecified atom stereocenters. The lowest BCUT2D eigenvalue weighted by atomic mass is 9.92. The first-order valence-electron chi connectivity index (χ1n) is 13.4. The molecule has 0 aromatic heterocycles. The number of hydrogen-bond donors (Lipinski definition) is 2. The molecule has 0 spiro atoms. The molecule has 0 saturated heterocycles. The van der Waals surface area contributed by atoms with E-state index >= 15 is 0 Å². The van der Waals surface area contributed by atoms with Crippen molar-refractivity contribution in [1.82, 2.24) is 0 Å². The monoisotopic (exact) mass is 1010 g/mol. The quantitative estimate of drug-likeness (QED) is 0.153. The van der Waals surface area contributed by atoms with Crippen LogP contribution in [0.25, 0.3) is 0 Å². The van der Waals surface area contributed by atoms with Gasteiger partial charge in [-0.1, -0.05) is 26.0 Å². The molecular weight excluding hydrogens is 980 g/mol. The average molecular weight is 1010 g/mol. The number of methoxy groups -OCH3 is 1. The summed E-state index contributed by atoms with van der Waals surface area (Å²) < 4.78 is 234. The molecule has 0 aliphatic heterocycles. The van der Waals surface area contributed by atoms with Crippen molar-refractivity contribution in [2.75, 3.05) is 7.11 Å². The van der Waals surface area contributed by atoms with Gasteiger partial charge in [-0.05, 0) is 89.1 Å². The number of alkyl halides is 18. The fraction of sp³-hybridized carbons (Fsp3) is 0.643. The van der Waals surface area contributed by atoms with Gasteiger partial charge >= 0.3 is 47.9 Å². The smallest absolute Gasteiger partial charge is 0.460 e. The zero-order valence-electron chi connectivity index (χ0n) is 26.3. The molecule has 3 nitrogen and oxygen atoms in total. The van der Waals surface area contributed by atoms with Crippen LogP contribution >= 0.6 is 45.2 Å². The van der Waals surface area contributed by atoms with E-state index < -0.39 is 84.8 Å². The van der Waals surface area contributed by atoms with Crippen molar-refractivity contribution in [3.05, 3.63) is 49.1 Å². The Balaban J connectivity index is 0.00000100. The van der Waals surface area contributed by atoms with Gasteiger partial charge in [-0.2, -0.15) is 79.0 Å². The second-order valence-electron chi connectivity index (χ2n) is 11.7. The first-order valence-corrected chi connectivity index (χ1v) is 15.6. The fourth-order valence-corrected chi connectivity index (χ4v) is 4.90. The number of benzene rings is 1. The SMILES string of the molecule is CC(C)CC(C)(O)C(I)=CC(F)(F)C(F)(F)C(F)(F)C(F)(F)F.COc1ccc(CC(C)(O)C(I)=CC(F)(F)C(F)(F)C(F)(F)C(F)(F)F)cc1. The van der Waals surface area contributed by atoms with Gasteiger partial charge in [0.05, 0.1) is 18.3 Å². The molecule has 0 saturated carbocycles. The summed E-state index contributed by atoms with van der Waals surface area (Å²) in [5.74, 6) is -39.0. The van der Waals surface area contributed by atoms with E-state index in [9.17, 15) is 89.2 Å². The minimum Gasteiger partial charge on any atom is -0.497 e. The summed E-state index contributed by atoms with van der Waals surface area (Å²) in [5.41, 5.74) is -3.99. The van der Waals surface area contributed by atoms with E-state index in [4.69, 9.17) is 4.74 Å². The molecule has 0 amide bonds. The van der Waals surface area contributed by atoms with E-state index in [0.29, 0.717) is 11.3 Å². The van der Waals surface area contributed by atoms with E-state index in [1.54, 1.807) is 13.8 Å². The highest BCUT2D eigenvalue weighted by Crippen LogP contribution is 2.55. The molecule has 298 valence electrons. The zero-order chi connectivity index (χ0) is 41.3. The van der Waals surface area contributed by atoms with Crippen LogP contribution in [-0.4, -0.2) is 76.4 Å². The number of aliphatic hydroxyl groups is 2. The van der Waals surface area contributed by atoms with Crippen molar-refractivity contribution in [2.24, 2.45) is 5.92 Å². The molecule has 1 aromatic carbocycles. The van der Waals surface area contributed by atoms with Crippen molar-refractivity contribution < 1.29 is 94.0 Å². The van der Waals surface area contributed by atoms with E-state index in [-0.39, 0.29) is 12.3 Å². The third-order valence-corrected chi connectivity index (χ3v) is 9.44. The van der Waals surface area contributed by atoms with Crippen molar-refractivity contribution in [3.63, 3.8) is 0 Å². The van der Waals surface area contributed by atoms with Crippen LogP contribution in [0.4, 0.5) is 79.0 Å². The van der Waals surface area contributed by atoms with Gasteiger partial charge in [-0.3, -0.25) is 0 Å². The minimum absolute atomic E-state index is 0.195. The second-order valence-corrected chi connectivity index (χ2v) is 14.0. The molecule has 1 rings (SSSR count). The Kier molecular flexibility index (Phi) is 15.7. The van der Waals surface area contributed by atoms with Crippen LogP contribution in [0.5, 0.6) is 5.75 Å². The predicted octanol–water partition coefficient (Wildman–Crippen LogP) is 11.3. The Morgan fingerprint density at radius 2 is 0.922 bits per heavy atom. The molecule has 1 aromatic rings. The molecule has 2 N–H and O–H groups in total. The van der Waals surface area contributed by atoms with Crippen LogP contribution in [-0.2, 0) is 6.42 Å². The summed E-state index contributed by atoms with van der Waals surface area (Å²) in [6.07, 6.45) is -15.9. The molecular formula is C28H28F18I2O3. The fourth-order valence-electron chi connectivity index (χ4n) is 3.70. The number of ether oxygens (including phenoxy) is 1. The van der Waals surface area contributed by atoms with Crippen LogP contribution in [0.15, 0.2) is 43.6 Å². The van der Waals surface area contributed by atoms with E-state index in [1.807, 2.05) is 0 Å². The van der Waals surface area contributed by atoms with Gasteiger partial charge in [0.15, 0.2) is 0 Å². The first kappa shape index (κ1) is 49.6. The molecule has 0 fully saturated rings. The lowest BCUT2D eigenvalue weighted by Crippen LogP contribution is -2.60. The van der Waals surface area contributed by atoms with Crippen LogP contribution in [0.1, 0.15) is 39.7 Å². The molecule has 0 aliphatic rings. The summed E-state index contributed by atoms with van der Waals surface area (Å²) in [7, 11) is 1.37. The number of rotatable bonds is 13. The van der Waals surface area contributed by atoms with Crippen LogP contribution in [0.3, 0.4) is 0 Å². The van der Waals surface area contributed by atoms with E-state index in [1.165, 1.54) is 31.4 Å². The topological polar surface area (TPSA) is 49.7 Å². The maximum atomic E-state index is 13.7. The Morgan fingerprint density at radius 3 is 1.20 bits per heavy atom. The molecule has 2 atom stereocenters. The normalized spacial score (nSPS) is 17.4. The van der Waals surface area contributed by atoms with Crippen LogP contribution in [0.2, 0.25) is 0 Å². The Bertz CT molecular complexity index is 1360. The van der Waals surface area contributed by atoms with Gasteiger partial charge in [0.25, 0.3) is 0 Å². The van der Waals surface area contributed by atoms with Crippen molar-refractivity contribution in [3.8, 4) is 5.75 Å². The summed E-state index contributed by atoms with van der Waals surface area (Å²) in [6, 6.07) is 5.74. The van der Waals surface area contributed by atoms with Crippen LogP contribution in [0, 0.1) is 5.92 Å². The second kappa shape index (κ2) is 16.2. The van der Waals surface area contributed by atoms with Gasteiger partial charge < -0.3 is 14.9 Å². The minimum atomic E-state index is -6.99. The van der Waals surface area contributed by atoms with Gasteiger partial charge in [0, 0.05) is 25.7 Å². The van der Waals surface area contributed by atoms with Gasteiger partial charge in [-0.15, -0.1) is 0 Å². The lowest BCUT2D eigenvalue weighted by molar-refractivity contribution is -0.388. The maximum Gasteiger partial charge on any atom is 0.460 e.